The highest BCUT2D eigenvalue weighted by atomic mass is 16.8. The average molecular weight is 414 g/mol. The number of hydrogen-bond acceptors (Lipinski definition) is 6. The number of ether oxygens (including phenoxy) is 6. The molecule has 2 aromatic carbocycles. The maximum absolute atomic E-state index is 6.22. The van der Waals surface area contributed by atoms with E-state index in [9.17, 15) is 0 Å². The van der Waals surface area contributed by atoms with E-state index in [1.54, 1.807) is 7.11 Å². The van der Waals surface area contributed by atoms with E-state index in [0.29, 0.717) is 19.8 Å². The lowest BCUT2D eigenvalue weighted by Gasteiger charge is -2.41. The van der Waals surface area contributed by atoms with E-state index in [1.165, 1.54) is 0 Å². The molecule has 4 rings (SSSR count). The van der Waals surface area contributed by atoms with Crippen LogP contribution in [0.3, 0.4) is 0 Å². The summed E-state index contributed by atoms with van der Waals surface area (Å²) in [6.07, 6.45) is -1.91. The Morgan fingerprint density at radius 2 is 1.43 bits per heavy atom. The second kappa shape index (κ2) is 9.56. The largest absolute Gasteiger partial charge is 0.374 e. The van der Waals surface area contributed by atoms with Gasteiger partial charge in [0.15, 0.2) is 12.1 Å². The van der Waals surface area contributed by atoms with Crippen molar-refractivity contribution in [3.63, 3.8) is 0 Å². The van der Waals surface area contributed by atoms with Gasteiger partial charge < -0.3 is 28.4 Å². The SMILES string of the molecule is CO[C@H]1O[C@H](COCc2ccccc2)[C@@H]2OC(C)(C)O[C@@H]2[C@@H]1OCc1ccccc1. The summed E-state index contributed by atoms with van der Waals surface area (Å²) >= 11 is 0. The van der Waals surface area contributed by atoms with Gasteiger partial charge in [0.25, 0.3) is 0 Å². The summed E-state index contributed by atoms with van der Waals surface area (Å²) in [4.78, 5) is 0. The second-order valence-electron chi connectivity index (χ2n) is 8.11. The summed E-state index contributed by atoms with van der Waals surface area (Å²) in [6, 6.07) is 20.1. The minimum atomic E-state index is -0.729. The molecule has 0 aromatic heterocycles. The lowest BCUT2D eigenvalue weighted by molar-refractivity contribution is -0.288. The van der Waals surface area contributed by atoms with Gasteiger partial charge in [-0.2, -0.15) is 0 Å². The number of methoxy groups -OCH3 is 1. The van der Waals surface area contributed by atoms with Crippen LogP contribution in [0.25, 0.3) is 0 Å². The molecule has 5 atom stereocenters. The molecule has 0 unspecified atom stereocenters. The molecule has 6 heteroatoms. The van der Waals surface area contributed by atoms with Crippen LogP contribution in [0.5, 0.6) is 0 Å². The van der Waals surface area contributed by atoms with Crippen LogP contribution >= 0.6 is 0 Å². The van der Waals surface area contributed by atoms with Gasteiger partial charge in [0.05, 0.1) is 19.8 Å². The number of benzene rings is 2. The summed E-state index contributed by atoms with van der Waals surface area (Å²) in [6.45, 7) is 5.14. The van der Waals surface area contributed by atoms with Gasteiger partial charge in [0, 0.05) is 7.11 Å². The van der Waals surface area contributed by atoms with Crippen molar-refractivity contribution in [3.05, 3.63) is 71.8 Å². The van der Waals surface area contributed by atoms with Crippen molar-refractivity contribution in [2.45, 2.75) is 63.6 Å². The van der Waals surface area contributed by atoms with Crippen LogP contribution in [-0.2, 0) is 41.6 Å². The third-order valence-corrected chi connectivity index (χ3v) is 5.34. The van der Waals surface area contributed by atoms with Gasteiger partial charge in [0.1, 0.15) is 24.4 Å². The van der Waals surface area contributed by atoms with E-state index in [2.05, 4.69) is 0 Å². The van der Waals surface area contributed by atoms with Crippen molar-refractivity contribution >= 4 is 0 Å². The molecule has 0 aliphatic carbocycles. The van der Waals surface area contributed by atoms with Gasteiger partial charge in [-0.25, -0.2) is 0 Å². The molecule has 162 valence electrons. The van der Waals surface area contributed by atoms with Crippen LogP contribution in [0, 0.1) is 0 Å². The van der Waals surface area contributed by atoms with Crippen molar-refractivity contribution in [2.75, 3.05) is 13.7 Å². The number of rotatable bonds is 8. The molecule has 2 aromatic rings. The normalized spacial score (nSPS) is 30.2. The molecule has 2 aliphatic heterocycles. The van der Waals surface area contributed by atoms with Gasteiger partial charge in [-0.05, 0) is 25.0 Å². The highest BCUT2D eigenvalue weighted by molar-refractivity contribution is 5.14. The molecule has 0 bridgehead atoms. The van der Waals surface area contributed by atoms with Gasteiger partial charge >= 0.3 is 0 Å². The smallest absolute Gasteiger partial charge is 0.186 e. The Bertz CT molecular complexity index is 781. The average Bonchev–Trinajstić information content (AvgIpc) is 3.09. The topological polar surface area (TPSA) is 55.4 Å². The third-order valence-electron chi connectivity index (χ3n) is 5.34. The van der Waals surface area contributed by atoms with Crippen LogP contribution in [0.2, 0.25) is 0 Å². The molecular formula is C24H30O6. The van der Waals surface area contributed by atoms with Crippen LogP contribution in [0.15, 0.2) is 60.7 Å². The fraction of sp³-hybridized carbons (Fsp3) is 0.500. The fourth-order valence-electron chi connectivity index (χ4n) is 3.97. The molecule has 2 fully saturated rings. The third kappa shape index (κ3) is 5.09. The molecule has 2 heterocycles. The summed E-state index contributed by atoms with van der Waals surface area (Å²) in [5.41, 5.74) is 2.19. The fourth-order valence-corrected chi connectivity index (χ4v) is 3.97. The van der Waals surface area contributed by atoms with E-state index >= 15 is 0 Å². The Morgan fingerprint density at radius 1 is 0.833 bits per heavy atom. The maximum atomic E-state index is 6.22. The Kier molecular flexibility index (Phi) is 6.83. The molecule has 30 heavy (non-hydrogen) atoms. The van der Waals surface area contributed by atoms with Crippen molar-refractivity contribution in [1.82, 2.24) is 0 Å². The number of fused-ring (bicyclic) bond motifs is 1. The quantitative estimate of drug-likeness (QED) is 0.657. The molecular weight excluding hydrogens is 384 g/mol. The zero-order valence-corrected chi connectivity index (χ0v) is 17.7. The van der Waals surface area contributed by atoms with Crippen LogP contribution in [0.1, 0.15) is 25.0 Å². The van der Waals surface area contributed by atoms with Crippen molar-refractivity contribution in [3.8, 4) is 0 Å². The Morgan fingerprint density at radius 3 is 2.07 bits per heavy atom. The van der Waals surface area contributed by atoms with E-state index in [-0.39, 0.29) is 18.3 Å². The lowest BCUT2D eigenvalue weighted by atomic mass is 9.99. The highest BCUT2D eigenvalue weighted by Gasteiger charge is 2.56. The van der Waals surface area contributed by atoms with Crippen LogP contribution in [0.4, 0.5) is 0 Å². The predicted molar refractivity (Wildman–Crippen MR) is 111 cm³/mol. The van der Waals surface area contributed by atoms with Gasteiger partial charge in [-0.3, -0.25) is 0 Å². The lowest BCUT2D eigenvalue weighted by Crippen LogP contribution is -2.58. The van der Waals surface area contributed by atoms with Gasteiger partial charge in [0.2, 0.25) is 0 Å². The summed E-state index contributed by atoms with van der Waals surface area (Å²) < 4.78 is 36.4. The monoisotopic (exact) mass is 414 g/mol. The predicted octanol–water partition coefficient (Wildman–Crippen LogP) is 3.68. The first kappa shape index (κ1) is 21.4. The first-order valence-corrected chi connectivity index (χ1v) is 10.4. The van der Waals surface area contributed by atoms with Gasteiger partial charge in [-0.15, -0.1) is 0 Å². The first-order chi connectivity index (χ1) is 14.6. The van der Waals surface area contributed by atoms with E-state index in [4.69, 9.17) is 28.4 Å². The molecule has 0 spiro atoms. The minimum absolute atomic E-state index is 0.303. The van der Waals surface area contributed by atoms with Crippen molar-refractivity contribution in [1.29, 1.82) is 0 Å². The number of hydrogen-bond donors (Lipinski definition) is 0. The van der Waals surface area contributed by atoms with Crippen LogP contribution < -0.4 is 0 Å². The molecule has 6 nitrogen and oxygen atoms in total. The highest BCUT2D eigenvalue weighted by Crippen LogP contribution is 2.39. The van der Waals surface area contributed by atoms with E-state index in [0.717, 1.165) is 11.1 Å². The van der Waals surface area contributed by atoms with E-state index in [1.807, 2.05) is 74.5 Å². The Balaban J connectivity index is 1.43. The van der Waals surface area contributed by atoms with Crippen LogP contribution in [-0.4, -0.2) is 50.2 Å². The zero-order chi connectivity index (χ0) is 21.0. The maximum Gasteiger partial charge on any atom is 0.186 e. The molecule has 2 saturated heterocycles. The standard InChI is InChI=1S/C24H30O6/c1-24(2)29-20-19(16-26-14-17-10-6-4-7-11-17)28-23(25-3)22(21(20)30-24)27-15-18-12-8-5-9-13-18/h4-13,19-23H,14-16H2,1-3H3/t19-,20+,21+,22+,23+/m1/s1. The van der Waals surface area contributed by atoms with Crippen molar-refractivity contribution in [2.24, 2.45) is 0 Å². The van der Waals surface area contributed by atoms with E-state index < -0.39 is 18.2 Å². The first-order valence-electron chi connectivity index (χ1n) is 10.4. The minimum Gasteiger partial charge on any atom is -0.374 e. The molecule has 0 radical (unpaired) electrons. The van der Waals surface area contributed by atoms with Gasteiger partial charge in [-0.1, -0.05) is 60.7 Å². The second-order valence-corrected chi connectivity index (χ2v) is 8.11. The Hall–Kier alpha value is -1.80. The summed E-state index contributed by atoms with van der Waals surface area (Å²) in [7, 11) is 1.62. The van der Waals surface area contributed by atoms with Crippen molar-refractivity contribution < 1.29 is 28.4 Å². The Labute approximate surface area is 178 Å². The molecule has 2 aliphatic rings. The molecule has 0 amide bonds. The summed E-state index contributed by atoms with van der Waals surface area (Å²) in [5, 5.41) is 0. The molecule has 0 saturated carbocycles. The molecule has 0 N–H and O–H groups in total. The summed E-state index contributed by atoms with van der Waals surface area (Å²) in [5.74, 6) is -0.729. The zero-order valence-electron chi connectivity index (χ0n) is 17.7.